The van der Waals surface area contributed by atoms with E-state index < -0.39 is 11.4 Å². The Balaban J connectivity index is 1.52. The summed E-state index contributed by atoms with van der Waals surface area (Å²) in [6, 6.07) is 14.3. The molecule has 0 aliphatic heterocycles. The van der Waals surface area contributed by atoms with Crippen molar-refractivity contribution in [2.24, 2.45) is 11.3 Å². The fourth-order valence-corrected chi connectivity index (χ4v) is 6.84. The lowest BCUT2D eigenvalue weighted by molar-refractivity contribution is -0.146. The number of methoxy groups -OCH3 is 1. The van der Waals surface area contributed by atoms with E-state index in [1.165, 1.54) is 5.56 Å². The van der Waals surface area contributed by atoms with Gasteiger partial charge in [-0.05, 0) is 80.1 Å². The quantitative estimate of drug-likeness (QED) is 0.155. The molecule has 0 spiro atoms. The van der Waals surface area contributed by atoms with Crippen LogP contribution < -0.4 is 9.47 Å². The number of hydrogen-bond donors (Lipinski definition) is 1. The van der Waals surface area contributed by atoms with Crippen molar-refractivity contribution < 1.29 is 19.4 Å². The van der Waals surface area contributed by atoms with Gasteiger partial charge in [-0.2, -0.15) is 0 Å². The number of benzene rings is 1. The van der Waals surface area contributed by atoms with E-state index in [1.807, 2.05) is 44.3 Å². The molecule has 46 heavy (non-hydrogen) atoms. The summed E-state index contributed by atoms with van der Waals surface area (Å²) in [4.78, 5) is 22.4. The Morgan fingerprint density at radius 2 is 1.91 bits per heavy atom. The summed E-state index contributed by atoms with van der Waals surface area (Å²) < 4.78 is 14.0. The first-order valence-corrected chi connectivity index (χ1v) is 16.7. The first-order valence-electron chi connectivity index (χ1n) is 15.9. The number of nitrogens with zero attached hydrogens (tertiary/aromatic N) is 3. The van der Waals surface area contributed by atoms with Gasteiger partial charge in [-0.15, -0.1) is 11.8 Å². The molecule has 7 nitrogen and oxygen atoms in total. The Labute approximate surface area is 276 Å². The number of fused-ring (bicyclic) bond motifs is 1. The third-order valence-electron chi connectivity index (χ3n) is 8.25. The van der Waals surface area contributed by atoms with Crippen LogP contribution in [0.3, 0.4) is 0 Å². The van der Waals surface area contributed by atoms with Gasteiger partial charge < -0.3 is 19.1 Å². The molecule has 242 valence electrons. The number of carboxylic acid groups (broad SMARTS) is 1. The number of allylic oxidation sites excluding steroid dienone is 4. The Kier molecular flexibility index (Phi) is 9.96. The smallest absolute Gasteiger partial charge is 0.309 e. The Morgan fingerprint density at radius 1 is 1.11 bits per heavy atom. The number of hydrogen-bond acceptors (Lipinski definition) is 6. The molecular formula is C38H45N3O4S. The molecule has 3 aromatic heterocycles. The van der Waals surface area contributed by atoms with Crippen molar-refractivity contribution in [1.82, 2.24) is 14.5 Å². The second-order valence-electron chi connectivity index (χ2n) is 13.5. The lowest BCUT2D eigenvalue weighted by Gasteiger charge is -2.25. The summed E-state index contributed by atoms with van der Waals surface area (Å²) in [5.74, 6) is 0.801. The van der Waals surface area contributed by atoms with Crippen LogP contribution in [0.25, 0.3) is 16.5 Å². The summed E-state index contributed by atoms with van der Waals surface area (Å²) in [7, 11) is 1.64. The van der Waals surface area contributed by atoms with E-state index in [0.717, 1.165) is 63.5 Å². The Hall–Kier alpha value is -4.04. The average Bonchev–Trinajstić information content (AvgIpc) is 3.29. The van der Waals surface area contributed by atoms with Gasteiger partial charge in [0.2, 0.25) is 5.88 Å². The van der Waals surface area contributed by atoms with E-state index in [-0.39, 0.29) is 10.7 Å². The van der Waals surface area contributed by atoms with Crippen LogP contribution >= 0.6 is 11.8 Å². The van der Waals surface area contributed by atoms with Crippen LogP contribution in [-0.2, 0) is 30.8 Å². The maximum Gasteiger partial charge on any atom is 0.309 e. The van der Waals surface area contributed by atoms with Gasteiger partial charge in [0, 0.05) is 57.2 Å². The molecule has 0 saturated carbocycles. The van der Waals surface area contributed by atoms with Crippen molar-refractivity contribution in [3.8, 4) is 11.6 Å². The second-order valence-corrected chi connectivity index (χ2v) is 15.4. The largest absolute Gasteiger partial charge is 0.487 e. The van der Waals surface area contributed by atoms with Crippen molar-refractivity contribution in [3.05, 3.63) is 95.6 Å². The van der Waals surface area contributed by atoms with Crippen molar-refractivity contribution >= 4 is 34.2 Å². The highest BCUT2D eigenvalue weighted by molar-refractivity contribution is 8.00. The second kappa shape index (κ2) is 13.8. The summed E-state index contributed by atoms with van der Waals surface area (Å²) in [6.45, 7) is 13.4. The van der Waals surface area contributed by atoms with E-state index >= 15 is 0 Å². The van der Waals surface area contributed by atoms with Gasteiger partial charge in [0.05, 0.1) is 18.2 Å². The third-order valence-corrected chi connectivity index (χ3v) is 9.52. The zero-order chi connectivity index (χ0) is 33.1. The van der Waals surface area contributed by atoms with E-state index in [9.17, 15) is 9.90 Å². The van der Waals surface area contributed by atoms with Crippen molar-refractivity contribution in [3.63, 3.8) is 0 Å². The van der Waals surface area contributed by atoms with E-state index in [2.05, 4.69) is 78.7 Å². The van der Waals surface area contributed by atoms with Gasteiger partial charge in [0.15, 0.2) is 0 Å². The van der Waals surface area contributed by atoms with Crippen molar-refractivity contribution in [2.75, 3.05) is 7.11 Å². The van der Waals surface area contributed by atoms with E-state index in [4.69, 9.17) is 9.47 Å². The third kappa shape index (κ3) is 7.66. The minimum atomic E-state index is -0.943. The Bertz CT molecular complexity index is 1760. The van der Waals surface area contributed by atoms with Gasteiger partial charge >= 0.3 is 5.97 Å². The van der Waals surface area contributed by atoms with Crippen LogP contribution in [0.1, 0.15) is 70.5 Å². The van der Waals surface area contributed by atoms with Crippen LogP contribution in [0.4, 0.5) is 0 Å². The van der Waals surface area contributed by atoms with Gasteiger partial charge in [0.1, 0.15) is 12.4 Å². The van der Waals surface area contributed by atoms with Crippen LogP contribution in [0.15, 0.2) is 78.0 Å². The predicted molar refractivity (Wildman–Crippen MR) is 187 cm³/mol. The molecule has 5 rings (SSSR count). The van der Waals surface area contributed by atoms with Crippen molar-refractivity contribution in [1.29, 1.82) is 0 Å². The number of aromatic nitrogens is 3. The van der Waals surface area contributed by atoms with Gasteiger partial charge in [-0.25, -0.2) is 4.98 Å². The number of thioether (sulfide) groups is 1. The van der Waals surface area contributed by atoms with Gasteiger partial charge in [-0.1, -0.05) is 52.0 Å². The number of carboxylic acids is 1. The highest BCUT2D eigenvalue weighted by Crippen LogP contribution is 2.44. The molecule has 0 saturated heterocycles. The summed E-state index contributed by atoms with van der Waals surface area (Å²) in [5.41, 5.74) is 5.33. The summed E-state index contributed by atoms with van der Waals surface area (Å²) in [6.07, 6.45) is 12.5. The number of carbonyl (C=O) groups is 1. The highest BCUT2D eigenvalue weighted by atomic mass is 32.2. The summed E-state index contributed by atoms with van der Waals surface area (Å²) in [5, 5.41) is 11.3. The number of aliphatic carboxylic acids is 1. The molecule has 1 aliphatic rings. The normalized spacial score (nSPS) is 15.2. The molecule has 0 bridgehead atoms. The fraction of sp³-hybridized carbons (Fsp3) is 0.395. The maximum atomic E-state index is 12.4. The SMILES string of the molecule is CCc1ccc(COc2ccc3c(c2)c(SC(C)(C)C)c(CC(C)(C)C(=O)O)n3CC2C=CC(c3cccnc3OC)=CC2)nc1. The molecule has 1 N–H and O–H groups in total. The molecule has 1 aromatic carbocycles. The topological polar surface area (TPSA) is 86.5 Å². The monoisotopic (exact) mass is 639 g/mol. The zero-order valence-electron chi connectivity index (χ0n) is 28.0. The van der Waals surface area contributed by atoms with Crippen LogP contribution in [0.2, 0.25) is 0 Å². The molecule has 1 aliphatic carbocycles. The van der Waals surface area contributed by atoms with E-state index in [1.54, 1.807) is 25.1 Å². The molecule has 8 heteroatoms. The minimum Gasteiger partial charge on any atom is -0.487 e. The lowest BCUT2D eigenvalue weighted by Crippen LogP contribution is -2.28. The predicted octanol–water partition coefficient (Wildman–Crippen LogP) is 8.78. The molecule has 0 amide bonds. The molecule has 4 aromatic rings. The van der Waals surface area contributed by atoms with Crippen molar-refractivity contribution in [2.45, 2.75) is 83.6 Å². The molecule has 1 unspecified atom stereocenters. The molecule has 1 atom stereocenters. The van der Waals surface area contributed by atoms with Gasteiger partial charge in [0.25, 0.3) is 0 Å². The summed E-state index contributed by atoms with van der Waals surface area (Å²) >= 11 is 1.79. The molecule has 0 fully saturated rings. The maximum absolute atomic E-state index is 12.4. The zero-order valence-corrected chi connectivity index (χ0v) is 28.8. The highest BCUT2D eigenvalue weighted by Gasteiger charge is 2.33. The van der Waals surface area contributed by atoms with Crippen LogP contribution in [0, 0.1) is 11.3 Å². The standard InChI is InChI=1S/C38H45N3O4S/c1-8-25-13-16-28(40-22-25)24-45-29-17-18-32-31(20-29)34(46-37(2,3)4)33(21-38(5,6)36(42)43)41(32)23-26-11-14-27(15-12-26)30-10-9-19-39-35(30)44-7/h9-11,13-20,22,26H,8,12,21,23-24H2,1-7H3,(H,42,43). The minimum absolute atomic E-state index is 0.0891. The average molecular weight is 640 g/mol. The fourth-order valence-electron chi connectivity index (χ4n) is 5.66. The number of ether oxygens (including phenoxy) is 2. The van der Waals surface area contributed by atoms with E-state index in [0.29, 0.717) is 18.9 Å². The Morgan fingerprint density at radius 3 is 2.54 bits per heavy atom. The van der Waals surface area contributed by atoms with Crippen LogP contribution in [0.5, 0.6) is 11.6 Å². The molecule has 3 heterocycles. The number of aryl methyl sites for hydroxylation is 1. The molecule has 0 radical (unpaired) electrons. The first-order chi connectivity index (χ1) is 21.9. The van der Waals surface area contributed by atoms with Gasteiger partial charge in [-0.3, -0.25) is 9.78 Å². The number of pyridine rings is 2. The van der Waals surface area contributed by atoms with Crippen LogP contribution in [-0.4, -0.2) is 37.5 Å². The number of rotatable bonds is 12. The molecular weight excluding hydrogens is 595 g/mol. The first kappa shape index (κ1) is 33.3. The lowest BCUT2D eigenvalue weighted by atomic mass is 9.87.